The fraction of sp³-hybridized carbons (Fsp3) is 0.143. The van der Waals surface area contributed by atoms with Gasteiger partial charge in [-0.2, -0.15) is 0 Å². The molecule has 1 heterocycles. The zero-order valence-electron chi connectivity index (χ0n) is 14.3. The lowest BCUT2D eigenvalue weighted by Gasteiger charge is -2.17. The molecule has 0 radical (unpaired) electrons. The number of amides is 1. The zero-order chi connectivity index (χ0) is 18.5. The van der Waals surface area contributed by atoms with E-state index in [1.165, 1.54) is 11.3 Å². The molecule has 2 aromatic carbocycles. The monoisotopic (exact) mass is 365 g/mol. The van der Waals surface area contributed by atoms with Crippen LogP contribution in [0.5, 0.6) is 0 Å². The molecule has 132 valence electrons. The van der Waals surface area contributed by atoms with Gasteiger partial charge in [0.15, 0.2) is 0 Å². The highest BCUT2D eigenvalue weighted by Crippen LogP contribution is 2.31. The van der Waals surface area contributed by atoms with Gasteiger partial charge in [0.05, 0.1) is 5.56 Å². The molecule has 26 heavy (non-hydrogen) atoms. The third-order valence-corrected chi connectivity index (χ3v) is 5.10. The molecule has 0 atom stereocenters. The first-order valence-corrected chi connectivity index (χ1v) is 9.09. The van der Waals surface area contributed by atoms with Crippen molar-refractivity contribution in [2.45, 2.75) is 19.3 Å². The van der Waals surface area contributed by atoms with Crippen molar-refractivity contribution in [3.05, 3.63) is 88.3 Å². The average molecular weight is 365 g/mol. The van der Waals surface area contributed by atoms with Gasteiger partial charge in [-0.1, -0.05) is 60.7 Å². The molecule has 5 heteroatoms. The van der Waals surface area contributed by atoms with Crippen molar-refractivity contribution in [2.24, 2.45) is 0 Å². The molecule has 0 aliphatic carbocycles. The Morgan fingerprint density at radius 1 is 1.00 bits per heavy atom. The Balaban J connectivity index is 1.84. The van der Waals surface area contributed by atoms with E-state index < -0.39 is 5.97 Å². The Morgan fingerprint density at radius 2 is 1.54 bits per heavy atom. The first-order valence-electron chi connectivity index (χ1n) is 8.28. The number of aromatic carboxylic acids is 1. The molecule has 0 unspecified atom stereocenters. The number of carbonyl (C=O) groups excluding carboxylic acids is 1. The second kappa shape index (κ2) is 7.97. The minimum absolute atomic E-state index is 0.0910. The highest BCUT2D eigenvalue weighted by Gasteiger charge is 2.21. The normalized spacial score (nSPS) is 10.7. The van der Waals surface area contributed by atoms with Gasteiger partial charge >= 0.3 is 5.97 Å². The SMILES string of the molecule is Cc1cc(C(=O)O)c(NC(=O)CC(c2ccccc2)c2ccccc2)s1. The number of aryl methyl sites for hydroxylation is 1. The summed E-state index contributed by atoms with van der Waals surface area (Å²) in [5, 5.41) is 12.5. The second-order valence-corrected chi connectivity index (χ2v) is 7.29. The Bertz CT molecular complexity index is 864. The summed E-state index contributed by atoms with van der Waals surface area (Å²) >= 11 is 1.28. The molecular formula is C21H19NO3S. The van der Waals surface area contributed by atoms with Gasteiger partial charge in [0.1, 0.15) is 5.00 Å². The summed E-state index contributed by atoms with van der Waals surface area (Å²) in [6.45, 7) is 1.82. The van der Waals surface area contributed by atoms with Gasteiger partial charge in [-0.15, -0.1) is 11.3 Å². The van der Waals surface area contributed by atoms with Crippen LogP contribution in [0.15, 0.2) is 66.7 Å². The van der Waals surface area contributed by atoms with Crippen molar-refractivity contribution in [3.63, 3.8) is 0 Å². The maximum absolute atomic E-state index is 12.7. The molecule has 0 spiro atoms. The van der Waals surface area contributed by atoms with Crippen molar-refractivity contribution >= 4 is 28.2 Å². The predicted molar refractivity (Wildman–Crippen MR) is 104 cm³/mol. The van der Waals surface area contributed by atoms with Crippen LogP contribution in [0.1, 0.15) is 38.7 Å². The molecule has 0 bridgehead atoms. The van der Waals surface area contributed by atoms with Crippen LogP contribution >= 0.6 is 11.3 Å². The van der Waals surface area contributed by atoms with Crippen molar-refractivity contribution < 1.29 is 14.7 Å². The molecule has 4 nitrogen and oxygen atoms in total. The molecule has 3 rings (SSSR count). The first-order chi connectivity index (χ1) is 12.5. The number of carboxylic acid groups (broad SMARTS) is 1. The lowest BCUT2D eigenvalue weighted by molar-refractivity contribution is -0.116. The van der Waals surface area contributed by atoms with Gasteiger partial charge in [0, 0.05) is 17.2 Å². The van der Waals surface area contributed by atoms with E-state index in [2.05, 4.69) is 5.32 Å². The molecule has 2 N–H and O–H groups in total. The van der Waals surface area contributed by atoms with Crippen LogP contribution in [-0.4, -0.2) is 17.0 Å². The minimum Gasteiger partial charge on any atom is -0.478 e. The van der Waals surface area contributed by atoms with E-state index in [0.717, 1.165) is 16.0 Å². The van der Waals surface area contributed by atoms with Gasteiger partial charge < -0.3 is 10.4 Å². The van der Waals surface area contributed by atoms with Crippen LogP contribution in [0.4, 0.5) is 5.00 Å². The molecule has 1 aromatic heterocycles. The Kier molecular flexibility index (Phi) is 5.49. The van der Waals surface area contributed by atoms with E-state index in [4.69, 9.17) is 0 Å². The maximum atomic E-state index is 12.7. The summed E-state index contributed by atoms with van der Waals surface area (Å²) in [6, 6.07) is 21.3. The van der Waals surface area contributed by atoms with Crippen LogP contribution in [-0.2, 0) is 4.79 Å². The predicted octanol–water partition coefficient (Wildman–Crippen LogP) is 4.92. The summed E-state index contributed by atoms with van der Waals surface area (Å²) < 4.78 is 0. The van der Waals surface area contributed by atoms with Crippen LogP contribution in [0.25, 0.3) is 0 Å². The fourth-order valence-corrected chi connectivity index (χ4v) is 3.85. The van der Waals surface area contributed by atoms with Gasteiger partial charge in [0.25, 0.3) is 0 Å². The van der Waals surface area contributed by atoms with E-state index in [0.29, 0.717) is 5.00 Å². The molecule has 3 aromatic rings. The number of nitrogens with one attached hydrogen (secondary N) is 1. The number of rotatable bonds is 6. The van der Waals surface area contributed by atoms with E-state index in [1.54, 1.807) is 6.07 Å². The summed E-state index contributed by atoms with van der Waals surface area (Å²) in [5.74, 6) is -1.33. The van der Waals surface area contributed by atoms with E-state index in [9.17, 15) is 14.7 Å². The van der Waals surface area contributed by atoms with Crippen LogP contribution in [0.3, 0.4) is 0 Å². The Morgan fingerprint density at radius 3 is 2.04 bits per heavy atom. The highest BCUT2D eigenvalue weighted by atomic mass is 32.1. The number of thiophene rings is 1. The zero-order valence-corrected chi connectivity index (χ0v) is 15.1. The number of carboxylic acids is 1. The van der Waals surface area contributed by atoms with Crippen LogP contribution in [0.2, 0.25) is 0 Å². The molecule has 0 fully saturated rings. The number of hydrogen-bond acceptors (Lipinski definition) is 3. The highest BCUT2D eigenvalue weighted by molar-refractivity contribution is 7.16. The van der Waals surface area contributed by atoms with Crippen molar-refractivity contribution in [3.8, 4) is 0 Å². The van der Waals surface area contributed by atoms with E-state index in [1.807, 2.05) is 67.6 Å². The van der Waals surface area contributed by atoms with Gasteiger partial charge in [0.2, 0.25) is 5.91 Å². The Labute approximate surface area is 156 Å². The van der Waals surface area contributed by atoms with Crippen molar-refractivity contribution in [1.29, 1.82) is 0 Å². The summed E-state index contributed by atoms with van der Waals surface area (Å²) in [5.41, 5.74) is 2.24. The maximum Gasteiger partial charge on any atom is 0.338 e. The standard InChI is InChI=1S/C21H19NO3S/c1-14-12-18(21(24)25)20(26-14)22-19(23)13-17(15-8-4-2-5-9-15)16-10-6-3-7-11-16/h2-12,17H,13H2,1H3,(H,22,23)(H,24,25). The third-order valence-electron chi connectivity index (χ3n) is 4.13. The number of hydrogen-bond donors (Lipinski definition) is 2. The topological polar surface area (TPSA) is 66.4 Å². The molecule has 0 saturated heterocycles. The van der Waals surface area contributed by atoms with Gasteiger partial charge in [-0.25, -0.2) is 4.79 Å². The van der Waals surface area contributed by atoms with Crippen LogP contribution < -0.4 is 5.32 Å². The average Bonchev–Trinajstić information content (AvgIpc) is 3.01. The molecule has 0 aliphatic rings. The summed E-state index contributed by atoms with van der Waals surface area (Å²) in [7, 11) is 0. The largest absolute Gasteiger partial charge is 0.478 e. The van der Waals surface area contributed by atoms with Crippen molar-refractivity contribution in [1.82, 2.24) is 0 Å². The van der Waals surface area contributed by atoms with Crippen molar-refractivity contribution in [2.75, 3.05) is 5.32 Å². The van der Waals surface area contributed by atoms with Crippen LogP contribution in [0, 0.1) is 6.92 Å². The molecule has 0 saturated carbocycles. The fourth-order valence-electron chi connectivity index (χ4n) is 2.93. The van der Waals surface area contributed by atoms with E-state index in [-0.39, 0.29) is 23.8 Å². The summed E-state index contributed by atoms with van der Waals surface area (Å²) in [4.78, 5) is 24.8. The quantitative estimate of drug-likeness (QED) is 0.652. The second-order valence-electron chi connectivity index (χ2n) is 6.03. The number of anilines is 1. The summed E-state index contributed by atoms with van der Waals surface area (Å²) in [6.07, 6.45) is 0.240. The smallest absolute Gasteiger partial charge is 0.338 e. The lowest BCUT2D eigenvalue weighted by Crippen LogP contribution is -2.17. The number of benzene rings is 2. The number of carbonyl (C=O) groups is 2. The molecular weight excluding hydrogens is 346 g/mol. The van der Waals surface area contributed by atoms with Gasteiger partial charge in [-0.3, -0.25) is 4.79 Å². The van der Waals surface area contributed by atoms with E-state index >= 15 is 0 Å². The Hall–Kier alpha value is -2.92. The lowest BCUT2D eigenvalue weighted by atomic mass is 9.88. The van der Waals surface area contributed by atoms with Gasteiger partial charge in [-0.05, 0) is 24.1 Å². The molecule has 0 aliphatic heterocycles. The third kappa shape index (κ3) is 4.18. The first kappa shape index (κ1) is 17.9. The molecule has 1 amide bonds. The minimum atomic E-state index is -1.03.